The predicted molar refractivity (Wildman–Crippen MR) is 75.6 cm³/mol. The summed E-state index contributed by atoms with van der Waals surface area (Å²) >= 11 is 0. The average molecular weight is 285 g/mol. The van der Waals surface area contributed by atoms with Crippen LogP contribution >= 0.6 is 0 Å². The molecule has 116 valence electrons. The molecule has 2 heterocycles. The number of ether oxygens (including phenoxy) is 3. The molecule has 0 radical (unpaired) electrons. The van der Waals surface area contributed by atoms with Crippen molar-refractivity contribution in [1.29, 1.82) is 0 Å². The van der Waals surface area contributed by atoms with E-state index in [1.807, 2.05) is 0 Å². The molecule has 0 bridgehead atoms. The monoisotopic (exact) mass is 285 g/mol. The fourth-order valence-electron chi connectivity index (χ4n) is 3.32. The number of hydrogen-bond acceptors (Lipinski definition) is 5. The van der Waals surface area contributed by atoms with Crippen molar-refractivity contribution in [2.75, 3.05) is 33.5 Å². The van der Waals surface area contributed by atoms with E-state index in [4.69, 9.17) is 14.2 Å². The number of esters is 1. The second kappa shape index (κ2) is 6.87. The first-order valence-corrected chi connectivity index (χ1v) is 7.60. The van der Waals surface area contributed by atoms with Crippen LogP contribution in [-0.4, -0.2) is 62.0 Å². The highest BCUT2D eigenvalue weighted by Crippen LogP contribution is 2.36. The van der Waals surface area contributed by atoms with Crippen molar-refractivity contribution in [1.82, 2.24) is 4.90 Å². The summed E-state index contributed by atoms with van der Waals surface area (Å²) in [6.07, 6.45) is 3.91. The maximum Gasteiger partial charge on any atom is 0.319 e. The number of carbonyl (C=O) groups is 1. The van der Waals surface area contributed by atoms with Gasteiger partial charge >= 0.3 is 5.97 Å². The van der Waals surface area contributed by atoms with Gasteiger partial charge in [0, 0.05) is 31.9 Å². The minimum atomic E-state index is -0.161. The summed E-state index contributed by atoms with van der Waals surface area (Å²) in [7, 11) is 1.45. The lowest BCUT2D eigenvalue weighted by molar-refractivity contribution is -0.160. The molecule has 2 saturated heterocycles. The lowest BCUT2D eigenvalue weighted by Crippen LogP contribution is -2.53. The zero-order chi connectivity index (χ0) is 14.6. The van der Waals surface area contributed by atoms with Crippen LogP contribution in [0.25, 0.3) is 0 Å². The number of rotatable bonds is 4. The Balaban J connectivity index is 2.02. The van der Waals surface area contributed by atoms with Crippen molar-refractivity contribution in [2.24, 2.45) is 0 Å². The molecule has 2 aliphatic rings. The highest BCUT2D eigenvalue weighted by Gasteiger charge is 2.41. The maximum absolute atomic E-state index is 11.6. The highest BCUT2D eigenvalue weighted by atomic mass is 16.5. The molecule has 0 N–H and O–H groups in total. The molecule has 5 nitrogen and oxygen atoms in total. The van der Waals surface area contributed by atoms with Gasteiger partial charge in [-0.3, -0.25) is 9.69 Å². The molecule has 2 rings (SSSR count). The quantitative estimate of drug-likeness (QED) is 0.734. The van der Waals surface area contributed by atoms with Crippen molar-refractivity contribution >= 4 is 5.97 Å². The molecule has 20 heavy (non-hydrogen) atoms. The molecule has 1 atom stereocenters. The fourth-order valence-corrected chi connectivity index (χ4v) is 3.32. The molecular formula is C15H27NO4. The summed E-state index contributed by atoms with van der Waals surface area (Å²) in [5, 5.41) is 0. The summed E-state index contributed by atoms with van der Waals surface area (Å²) in [5.41, 5.74) is -0.0373. The van der Waals surface area contributed by atoms with E-state index in [-0.39, 0.29) is 11.6 Å². The van der Waals surface area contributed by atoms with Crippen LogP contribution in [0.4, 0.5) is 0 Å². The predicted octanol–water partition coefficient (Wildman–Crippen LogP) is 1.60. The average Bonchev–Trinajstić information content (AvgIpc) is 2.45. The lowest BCUT2D eigenvalue weighted by atomic mass is 9.83. The van der Waals surface area contributed by atoms with E-state index < -0.39 is 0 Å². The van der Waals surface area contributed by atoms with Gasteiger partial charge in [0.1, 0.15) is 0 Å². The Morgan fingerprint density at radius 3 is 2.65 bits per heavy atom. The topological polar surface area (TPSA) is 48.0 Å². The van der Waals surface area contributed by atoms with Crippen molar-refractivity contribution in [2.45, 2.75) is 57.2 Å². The number of carbonyl (C=O) groups excluding carboxylic acids is 1. The number of methoxy groups -OCH3 is 1. The van der Waals surface area contributed by atoms with Gasteiger partial charge in [-0.15, -0.1) is 0 Å². The summed E-state index contributed by atoms with van der Waals surface area (Å²) < 4.78 is 16.4. The van der Waals surface area contributed by atoms with Gasteiger partial charge in [-0.25, -0.2) is 0 Å². The molecule has 1 unspecified atom stereocenters. The van der Waals surface area contributed by atoms with E-state index in [1.54, 1.807) is 0 Å². The molecule has 0 saturated carbocycles. The SMILES string of the molecule is COC(=O)CN(C(C)C)C1CCOC2(CCOCC2)C1. The fraction of sp³-hybridized carbons (Fsp3) is 0.933. The van der Waals surface area contributed by atoms with Gasteiger partial charge in [-0.05, 0) is 39.5 Å². The normalized spacial score (nSPS) is 26.1. The zero-order valence-corrected chi connectivity index (χ0v) is 12.9. The van der Waals surface area contributed by atoms with Gasteiger partial charge in [0.05, 0.1) is 19.3 Å². The Morgan fingerprint density at radius 1 is 1.35 bits per heavy atom. The molecule has 0 aromatic rings. The van der Waals surface area contributed by atoms with Crippen molar-refractivity contribution in [3.8, 4) is 0 Å². The van der Waals surface area contributed by atoms with E-state index in [2.05, 4.69) is 18.7 Å². The number of hydrogen-bond donors (Lipinski definition) is 0. The van der Waals surface area contributed by atoms with Crippen molar-refractivity contribution in [3.63, 3.8) is 0 Å². The summed E-state index contributed by atoms with van der Waals surface area (Å²) in [6, 6.07) is 0.718. The summed E-state index contributed by atoms with van der Waals surface area (Å²) in [6.45, 7) is 6.97. The lowest BCUT2D eigenvalue weighted by Gasteiger charge is -2.47. The second-order valence-corrected chi connectivity index (χ2v) is 6.13. The molecule has 5 heteroatoms. The van der Waals surface area contributed by atoms with Gasteiger partial charge < -0.3 is 14.2 Å². The second-order valence-electron chi connectivity index (χ2n) is 6.13. The maximum atomic E-state index is 11.6. The first kappa shape index (κ1) is 15.7. The highest BCUT2D eigenvalue weighted by molar-refractivity contribution is 5.71. The molecule has 2 fully saturated rings. The third-order valence-electron chi connectivity index (χ3n) is 4.54. The van der Waals surface area contributed by atoms with E-state index in [0.29, 0.717) is 18.6 Å². The Hall–Kier alpha value is -0.650. The standard InChI is InChI=1S/C15H27NO4/c1-12(2)16(11-14(17)18-3)13-4-7-20-15(10-13)5-8-19-9-6-15/h12-13H,4-11H2,1-3H3. The Kier molecular flexibility index (Phi) is 5.41. The molecule has 1 spiro atoms. The summed E-state index contributed by atoms with van der Waals surface area (Å²) in [5.74, 6) is -0.161. The van der Waals surface area contributed by atoms with Crippen LogP contribution in [0.5, 0.6) is 0 Å². The van der Waals surface area contributed by atoms with E-state index in [9.17, 15) is 4.79 Å². The van der Waals surface area contributed by atoms with Crippen LogP contribution in [0.3, 0.4) is 0 Å². The van der Waals surface area contributed by atoms with Gasteiger partial charge in [-0.1, -0.05) is 0 Å². The molecule has 0 aromatic carbocycles. The van der Waals surface area contributed by atoms with Gasteiger partial charge in [0.2, 0.25) is 0 Å². The van der Waals surface area contributed by atoms with E-state index >= 15 is 0 Å². The minimum absolute atomic E-state index is 0.0373. The zero-order valence-electron chi connectivity index (χ0n) is 12.9. The number of nitrogens with zero attached hydrogens (tertiary/aromatic N) is 1. The van der Waals surface area contributed by atoms with Crippen molar-refractivity contribution in [3.05, 3.63) is 0 Å². The molecule has 0 aliphatic carbocycles. The Bertz CT molecular complexity index is 320. The molecule has 2 aliphatic heterocycles. The first-order valence-electron chi connectivity index (χ1n) is 7.60. The van der Waals surface area contributed by atoms with Crippen molar-refractivity contribution < 1.29 is 19.0 Å². The molecular weight excluding hydrogens is 258 g/mol. The largest absolute Gasteiger partial charge is 0.468 e. The minimum Gasteiger partial charge on any atom is -0.468 e. The third kappa shape index (κ3) is 3.71. The summed E-state index contributed by atoms with van der Waals surface area (Å²) in [4.78, 5) is 13.9. The van der Waals surface area contributed by atoms with Crippen LogP contribution < -0.4 is 0 Å². The molecule has 0 aromatic heterocycles. The van der Waals surface area contributed by atoms with Crippen LogP contribution in [0.15, 0.2) is 0 Å². The Morgan fingerprint density at radius 2 is 2.05 bits per heavy atom. The van der Waals surface area contributed by atoms with Crippen LogP contribution in [0.1, 0.15) is 39.5 Å². The van der Waals surface area contributed by atoms with Gasteiger partial charge in [0.25, 0.3) is 0 Å². The van der Waals surface area contributed by atoms with Crippen LogP contribution in [0, 0.1) is 0 Å². The van der Waals surface area contributed by atoms with E-state index in [1.165, 1.54) is 7.11 Å². The van der Waals surface area contributed by atoms with Crippen LogP contribution in [-0.2, 0) is 19.0 Å². The third-order valence-corrected chi connectivity index (χ3v) is 4.54. The molecule has 0 amide bonds. The van der Waals surface area contributed by atoms with Crippen LogP contribution in [0.2, 0.25) is 0 Å². The van der Waals surface area contributed by atoms with Gasteiger partial charge in [0.15, 0.2) is 0 Å². The first-order chi connectivity index (χ1) is 9.56. The Labute approximate surface area is 121 Å². The van der Waals surface area contributed by atoms with Gasteiger partial charge in [-0.2, -0.15) is 0 Å². The van der Waals surface area contributed by atoms with E-state index in [0.717, 1.165) is 45.5 Å². The smallest absolute Gasteiger partial charge is 0.319 e.